The number of nitrogens with zero attached hydrogens (tertiary/aromatic N) is 4. The number of rotatable bonds is 4. The highest BCUT2D eigenvalue weighted by molar-refractivity contribution is 7.89. The van der Waals surface area contributed by atoms with Gasteiger partial charge < -0.3 is 0 Å². The standard InChI is InChI=1S/C14H14F2N4O2S/c15-10-3-11(16)5-13(4-10)23(21,22)19-6-12(7-19)20-8-14(17-18-20)9-1-2-9/h3-5,8-9,12H,1-2,6-7H2. The van der Waals surface area contributed by atoms with Gasteiger partial charge in [-0.2, -0.15) is 4.31 Å². The van der Waals surface area contributed by atoms with Gasteiger partial charge in [0.1, 0.15) is 11.6 Å². The fraction of sp³-hybridized carbons (Fsp3) is 0.429. The van der Waals surface area contributed by atoms with Gasteiger partial charge in [0.05, 0.1) is 16.6 Å². The lowest BCUT2D eigenvalue weighted by Gasteiger charge is -2.37. The van der Waals surface area contributed by atoms with Crippen LogP contribution in [0, 0.1) is 11.6 Å². The number of hydrogen-bond acceptors (Lipinski definition) is 4. The fourth-order valence-electron chi connectivity index (χ4n) is 2.64. The number of aromatic nitrogens is 3. The van der Waals surface area contributed by atoms with Crippen molar-refractivity contribution in [2.24, 2.45) is 0 Å². The minimum atomic E-state index is -3.89. The first-order valence-electron chi connectivity index (χ1n) is 7.31. The van der Waals surface area contributed by atoms with E-state index in [1.54, 1.807) is 4.68 Å². The molecule has 23 heavy (non-hydrogen) atoms. The third-order valence-corrected chi connectivity index (χ3v) is 6.01. The Balaban J connectivity index is 1.49. The molecule has 1 aliphatic carbocycles. The maximum absolute atomic E-state index is 13.2. The Morgan fingerprint density at radius 3 is 2.35 bits per heavy atom. The van der Waals surface area contributed by atoms with Crippen LogP contribution in [0.1, 0.15) is 30.5 Å². The molecule has 2 fully saturated rings. The number of hydrogen-bond donors (Lipinski definition) is 0. The molecular weight excluding hydrogens is 326 g/mol. The highest BCUT2D eigenvalue weighted by Gasteiger charge is 2.39. The summed E-state index contributed by atoms with van der Waals surface area (Å²) in [6, 6.07) is 2.20. The van der Waals surface area contributed by atoms with E-state index in [2.05, 4.69) is 10.3 Å². The van der Waals surface area contributed by atoms with Crippen molar-refractivity contribution < 1.29 is 17.2 Å². The van der Waals surface area contributed by atoms with Crippen molar-refractivity contribution in [2.45, 2.75) is 29.7 Å². The third-order valence-electron chi connectivity index (χ3n) is 4.20. The van der Waals surface area contributed by atoms with Gasteiger partial charge in [0.15, 0.2) is 0 Å². The van der Waals surface area contributed by atoms with Gasteiger partial charge in [-0.25, -0.2) is 21.9 Å². The Morgan fingerprint density at radius 2 is 1.74 bits per heavy atom. The average Bonchev–Trinajstić information content (AvgIpc) is 3.16. The lowest BCUT2D eigenvalue weighted by molar-refractivity contribution is 0.188. The summed E-state index contributed by atoms with van der Waals surface area (Å²) in [5.41, 5.74) is 0.943. The Morgan fingerprint density at radius 1 is 1.09 bits per heavy atom. The van der Waals surface area contributed by atoms with Crippen molar-refractivity contribution in [3.8, 4) is 0 Å². The summed E-state index contributed by atoms with van der Waals surface area (Å²) in [4.78, 5) is -0.370. The summed E-state index contributed by atoms with van der Waals surface area (Å²) < 4.78 is 54.0. The van der Waals surface area contributed by atoms with E-state index in [-0.39, 0.29) is 24.0 Å². The SMILES string of the molecule is O=S(=O)(c1cc(F)cc(F)c1)N1CC(n2cc(C3CC3)nn2)C1. The predicted molar refractivity (Wildman–Crippen MR) is 76.2 cm³/mol. The summed E-state index contributed by atoms with van der Waals surface area (Å²) in [5, 5.41) is 8.14. The van der Waals surface area contributed by atoms with Crippen molar-refractivity contribution in [3.05, 3.63) is 41.7 Å². The molecule has 0 amide bonds. The first kappa shape index (κ1) is 14.7. The highest BCUT2D eigenvalue weighted by atomic mass is 32.2. The molecule has 2 heterocycles. The molecule has 0 radical (unpaired) electrons. The molecule has 1 saturated carbocycles. The van der Waals surface area contributed by atoms with Crippen LogP contribution in [0.4, 0.5) is 8.78 Å². The number of sulfonamides is 1. The van der Waals surface area contributed by atoms with E-state index in [4.69, 9.17) is 0 Å². The third kappa shape index (κ3) is 2.63. The van der Waals surface area contributed by atoms with Gasteiger partial charge in [0, 0.05) is 31.3 Å². The number of benzene rings is 1. The topological polar surface area (TPSA) is 68.1 Å². The lowest BCUT2D eigenvalue weighted by Crippen LogP contribution is -2.50. The van der Waals surface area contributed by atoms with Gasteiger partial charge >= 0.3 is 0 Å². The molecule has 2 aliphatic rings. The molecule has 1 aromatic heterocycles. The summed E-state index contributed by atoms with van der Waals surface area (Å²) in [5.74, 6) is -1.34. The molecule has 4 rings (SSSR count). The summed E-state index contributed by atoms with van der Waals surface area (Å²) in [6.45, 7) is 0.432. The minimum absolute atomic E-state index is 0.0943. The van der Waals surface area contributed by atoms with Gasteiger partial charge in [0.25, 0.3) is 0 Å². The maximum atomic E-state index is 13.2. The van der Waals surface area contributed by atoms with Crippen molar-refractivity contribution in [2.75, 3.05) is 13.1 Å². The first-order chi connectivity index (χ1) is 10.9. The Labute approximate surface area is 131 Å². The average molecular weight is 340 g/mol. The molecule has 2 aromatic rings. The Bertz CT molecular complexity index is 837. The first-order valence-corrected chi connectivity index (χ1v) is 8.75. The summed E-state index contributed by atoms with van der Waals surface area (Å²) in [6.07, 6.45) is 4.10. The second-order valence-corrected chi connectivity index (χ2v) is 7.92. The van der Waals surface area contributed by atoms with E-state index in [1.165, 1.54) is 4.31 Å². The number of halogens is 2. The Kier molecular flexibility index (Phi) is 3.24. The largest absolute Gasteiger partial charge is 0.247 e. The summed E-state index contributed by atoms with van der Waals surface area (Å²) >= 11 is 0. The van der Waals surface area contributed by atoms with Crippen LogP contribution >= 0.6 is 0 Å². The molecule has 0 unspecified atom stereocenters. The predicted octanol–water partition coefficient (Wildman–Crippen LogP) is 1.68. The lowest BCUT2D eigenvalue weighted by atomic mass is 10.2. The van der Waals surface area contributed by atoms with Gasteiger partial charge in [-0.3, -0.25) is 0 Å². The smallest absolute Gasteiger partial charge is 0.243 e. The van der Waals surface area contributed by atoms with Gasteiger partial charge in [-0.15, -0.1) is 5.10 Å². The molecule has 9 heteroatoms. The molecule has 1 saturated heterocycles. The van der Waals surface area contributed by atoms with Crippen molar-refractivity contribution in [1.29, 1.82) is 0 Å². The fourth-order valence-corrected chi connectivity index (χ4v) is 4.20. The van der Waals surface area contributed by atoms with E-state index in [0.29, 0.717) is 12.0 Å². The second kappa shape index (κ2) is 5.07. The zero-order chi connectivity index (χ0) is 16.2. The molecule has 1 aliphatic heterocycles. The zero-order valence-corrected chi connectivity index (χ0v) is 12.9. The minimum Gasteiger partial charge on any atom is -0.247 e. The highest BCUT2D eigenvalue weighted by Crippen LogP contribution is 2.39. The molecular formula is C14H14F2N4O2S. The van der Waals surface area contributed by atoms with Gasteiger partial charge in [-0.1, -0.05) is 5.21 Å². The van der Waals surface area contributed by atoms with Crippen LogP contribution in [0.3, 0.4) is 0 Å². The molecule has 0 spiro atoms. The molecule has 0 atom stereocenters. The van der Waals surface area contributed by atoms with Crippen LogP contribution < -0.4 is 0 Å². The molecule has 0 bridgehead atoms. The van der Waals surface area contributed by atoms with Crippen molar-refractivity contribution >= 4 is 10.0 Å². The molecule has 6 nitrogen and oxygen atoms in total. The van der Waals surface area contributed by atoms with Crippen LogP contribution in [-0.2, 0) is 10.0 Å². The summed E-state index contributed by atoms with van der Waals surface area (Å²) in [7, 11) is -3.89. The monoisotopic (exact) mass is 340 g/mol. The van der Waals surface area contributed by atoms with Crippen LogP contribution in [0.25, 0.3) is 0 Å². The van der Waals surface area contributed by atoms with E-state index in [0.717, 1.165) is 30.7 Å². The molecule has 122 valence electrons. The van der Waals surface area contributed by atoms with E-state index in [1.807, 2.05) is 6.20 Å². The van der Waals surface area contributed by atoms with E-state index in [9.17, 15) is 17.2 Å². The Hall–Kier alpha value is -1.87. The van der Waals surface area contributed by atoms with Crippen molar-refractivity contribution in [3.63, 3.8) is 0 Å². The van der Waals surface area contributed by atoms with Crippen molar-refractivity contribution in [1.82, 2.24) is 19.3 Å². The van der Waals surface area contributed by atoms with Crippen LogP contribution in [0.5, 0.6) is 0 Å². The molecule has 0 N–H and O–H groups in total. The zero-order valence-electron chi connectivity index (χ0n) is 12.1. The van der Waals surface area contributed by atoms with Gasteiger partial charge in [0.2, 0.25) is 10.0 Å². The quantitative estimate of drug-likeness (QED) is 0.849. The van der Waals surface area contributed by atoms with Crippen LogP contribution in [0.2, 0.25) is 0 Å². The molecule has 1 aromatic carbocycles. The maximum Gasteiger partial charge on any atom is 0.243 e. The van der Waals surface area contributed by atoms with Crippen LogP contribution in [0.15, 0.2) is 29.3 Å². The van der Waals surface area contributed by atoms with E-state index >= 15 is 0 Å². The van der Waals surface area contributed by atoms with Crippen LogP contribution in [-0.4, -0.2) is 40.8 Å². The van der Waals surface area contributed by atoms with Gasteiger partial charge in [-0.05, 0) is 25.0 Å². The van der Waals surface area contributed by atoms with E-state index < -0.39 is 21.7 Å². The second-order valence-electron chi connectivity index (χ2n) is 5.98. The normalized spacial score (nSPS) is 19.7.